The van der Waals surface area contributed by atoms with Crippen molar-refractivity contribution in [2.45, 2.75) is 40.0 Å². The zero-order chi connectivity index (χ0) is 17.6. The molecule has 0 unspecified atom stereocenters. The number of carboxylic acids is 2. The molecule has 0 aromatic carbocycles. The molecule has 0 aliphatic heterocycles. The molecule has 0 atom stereocenters. The Kier molecular flexibility index (Phi) is 21.9. The maximum Gasteiger partial charge on any atom is 3.00 e. The van der Waals surface area contributed by atoms with Crippen LogP contribution < -0.4 is 10.2 Å². The van der Waals surface area contributed by atoms with Crippen LogP contribution in [0.15, 0.2) is 0 Å². The van der Waals surface area contributed by atoms with Crippen LogP contribution in [0.2, 0.25) is 0 Å². The van der Waals surface area contributed by atoms with Gasteiger partial charge in [-0.1, -0.05) is 0 Å². The molecule has 0 rings (SSSR count). The third kappa shape index (κ3) is 52.0. The number of hydrogen-bond donors (Lipinski definition) is 0. The summed E-state index contributed by atoms with van der Waals surface area (Å²) in [4.78, 5) is 58.5. The third-order valence-electron chi connectivity index (χ3n) is 1.23. The summed E-state index contributed by atoms with van der Waals surface area (Å²) in [5, 5.41) is 19.0. The number of hydrogen-bond acceptors (Lipinski definition) is 8. The molecule has 0 N–H and O–H groups in total. The summed E-state index contributed by atoms with van der Waals surface area (Å²) in [5.41, 5.74) is 0. The van der Waals surface area contributed by atoms with Crippen molar-refractivity contribution in [3.8, 4) is 0 Å². The van der Waals surface area contributed by atoms with Crippen LogP contribution in [-0.4, -0.2) is 52.4 Å². The van der Waals surface area contributed by atoms with E-state index in [2.05, 4.69) is 6.92 Å². The van der Waals surface area contributed by atoms with Gasteiger partial charge in [-0.2, -0.15) is 0 Å². The molecule has 0 fully saturated rings. The number of Topliss-reactive ketones (excluding diaryl/α,β-unsaturated/α-hetero) is 4. The van der Waals surface area contributed by atoms with E-state index in [1.54, 1.807) is 0 Å². The molecule has 0 radical (unpaired) electrons. The molecule has 0 aliphatic carbocycles. The number of rotatable bonds is 6. The summed E-state index contributed by atoms with van der Waals surface area (Å²) in [7, 11) is 0. The SMILES string of the molecule is CC(=O)CC(=O)[O-].CC(=O)CC(=O)[O-].[Al+3].[CH2-]C(=O)CC(C)=O. The maximum atomic E-state index is 9.99. The zero-order valence-electron chi connectivity index (χ0n) is 12.7. The Balaban J connectivity index is -0.000000108. The van der Waals surface area contributed by atoms with E-state index >= 15 is 0 Å². The summed E-state index contributed by atoms with van der Waals surface area (Å²) in [6.45, 7) is 6.79. The Hall–Kier alpha value is -1.98. The first-order valence-corrected chi connectivity index (χ1v) is 5.61. The van der Waals surface area contributed by atoms with Crippen LogP contribution in [0.5, 0.6) is 0 Å². The van der Waals surface area contributed by atoms with Gasteiger partial charge in [0.1, 0.15) is 17.3 Å². The summed E-state index contributed by atoms with van der Waals surface area (Å²) in [6.07, 6.45) is -0.972. The van der Waals surface area contributed by atoms with Crippen LogP contribution in [0.3, 0.4) is 0 Å². The topological polar surface area (TPSA) is 149 Å². The molecule has 0 saturated heterocycles. The van der Waals surface area contributed by atoms with Crippen LogP contribution in [0.4, 0.5) is 0 Å². The Labute approximate surface area is 139 Å². The van der Waals surface area contributed by atoms with E-state index in [4.69, 9.17) is 0 Å². The van der Waals surface area contributed by atoms with Crippen LogP contribution in [0.25, 0.3) is 0 Å². The Morgan fingerprint density at radius 2 is 0.909 bits per heavy atom. The van der Waals surface area contributed by atoms with Crippen molar-refractivity contribution < 1.29 is 39.0 Å². The molecule has 0 aromatic heterocycles. The summed E-state index contributed by atoms with van der Waals surface area (Å²) in [5.74, 6) is -3.81. The van der Waals surface area contributed by atoms with Crippen molar-refractivity contribution in [3.63, 3.8) is 0 Å². The van der Waals surface area contributed by atoms with Crippen molar-refractivity contribution in [2.75, 3.05) is 0 Å². The molecule has 0 bridgehead atoms. The number of carbonyl (C=O) groups excluding carboxylic acids is 6. The number of ketones is 4. The van der Waals surface area contributed by atoms with Crippen LogP contribution in [0, 0.1) is 6.92 Å². The number of carboxylic acid groups (broad SMARTS) is 2. The Morgan fingerprint density at radius 1 is 0.682 bits per heavy atom. The third-order valence-corrected chi connectivity index (χ3v) is 1.23. The van der Waals surface area contributed by atoms with Gasteiger partial charge in [-0.15, -0.1) is 0 Å². The first-order chi connectivity index (χ1) is 9.38. The van der Waals surface area contributed by atoms with Gasteiger partial charge in [-0.05, 0) is 20.8 Å². The molecule has 0 saturated carbocycles. The first kappa shape index (κ1) is 28.2. The molecular weight excluding hydrogens is 311 g/mol. The van der Waals surface area contributed by atoms with Gasteiger partial charge in [0.15, 0.2) is 0 Å². The monoisotopic (exact) mass is 328 g/mol. The predicted octanol–water partition coefficient (Wildman–Crippen LogP) is -2.58. The molecule has 9 heteroatoms. The molecule has 22 heavy (non-hydrogen) atoms. The molecule has 0 heterocycles. The van der Waals surface area contributed by atoms with Gasteiger partial charge in [0.05, 0.1) is 0 Å². The van der Waals surface area contributed by atoms with Crippen molar-refractivity contribution >= 4 is 52.4 Å². The Bertz CT molecular complexity index is 316. The fraction of sp³-hybridized carbons (Fsp3) is 0.462. The van der Waals surface area contributed by atoms with Crippen molar-refractivity contribution in [1.29, 1.82) is 0 Å². The van der Waals surface area contributed by atoms with Gasteiger partial charge >= 0.3 is 17.4 Å². The standard InChI is InChI=1S/C5H7O2.2C4H6O3.Al/c1-4(6)3-5(2)7;2*1-3(5)2-4(6)7;/h1,3H2,2H3;2*2H2,1H3,(H,6,7);/q-1;;;+3/p-2. The van der Waals surface area contributed by atoms with E-state index < -0.39 is 24.8 Å². The van der Waals surface area contributed by atoms with E-state index in [1.165, 1.54) is 20.8 Å². The first-order valence-electron chi connectivity index (χ1n) is 5.61. The molecule has 0 aromatic rings. The minimum Gasteiger partial charge on any atom is -0.550 e. The zero-order valence-corrected chi connectivity index (χ0v) is 13.8. The van der Waals surface area contributed by atoms with E-state index in [-0.39, 0.29) is 46.9 Å². The van der Waals surface area contributed by atoms with E-state index in [9.17, 15) is 39.0 Å². The van der Waals surface area contributed by atoms with Crippen LogP contribution in [-0.2, 0) is 28.8 Å². The fourth-order valence-corrected chi connectivity index (χ4v) is 0.684. The van der Waals surface area contributed by atoms with Gasteiger partial charge in [-0.25, -0.2) is 0 Å². The summed E-state index contributed by atoms with van der Waals surface area (Å²) >= 11 is 0. The number of carbonyl (C=O) groups is 6. The van der Waals surface area contributed by atoms with Crippen LogP contribution >= 0.6 is 0 Å². The Morgan fingerprint density at radius 3 is 0.909 bits per heavy atom. The molecular formula is C13H17AlO8. The second kappa shape index (κ2) is 17.1. The second-order valence-corrected chi connectivity index (χ2v) is 3.92. The van der Waals surface area contributed by atoms with Gasteiger partial charge in [0, 0.05) is 37.0 Å². The van der Waals surface area contributed by atoms with Crippen molar-refractivity contribution in [1.82, 2.24) is 0 Å². The second-order valence-electron chi connectivity index (χ2n) is 3.92. The van der Waals surface area contributed by atoms with Gasteiger partial charge in [0.25, 0.3) is 0 Å². The molecule has 0 spiro atoms. The van der Waals surface area contributed by atoms with E-state index in [0.717, 1.165) is 0 Å². The van der Waals surface area contributed by atoms with Gasteiger partial charge in [0.2, 0.25) is 0 Å². The van der Waals surface area contributed by atoms with Gasteiger partial charge in [-0.3, -0.25) is 14.4 Å². The quantitative estimate of drug-likeness (QED) is 0.293. The molecule has 120 valence electrons. The van der Waals surface area contributed by atoms with Crippen molar-refractivity contribution in [2.24, 2.45) is 0 Å². The minimum absolute atomic E-state index is 0. The maximum absolute atomic E-state index is 9.99. The summed E-state index contributed by atoms with van der Waals surface area (Å²) in [6, 6.07) is 0. The summed E-state index contributed by atoms with van der Waals surface area (Å²) < 4.78 is 0. The number of aliphatic carboxylic acids is 2. The van der Waals surface area contributed by atoms with Crippen molar-refractivity contribution in [3.05, 3.63) is 6.92 Å². The minimum atomic E-state index is -1.31. The smallest absolute Gasteiger partial charge is 0.550 e. The largest absolute Gasteiger partial charge is 3.00 e. The molecule has 8 nitrogen and oxygen atoms in total. The molecule has 0 amide bonds. The molecule has 0 aliphatic rings. The van der Waals surface area contributed by atoms with Crippen LogP contribution in [0.1, 0.15) is 40.0 Å². The van der Waals surface area contributed by atoms with E-state index in [1.807, 2.05) is 0 Å². The average molecular weight is 328 g/mol. The van der Waals surface area contributed by atoms with Gasteiger partial charge < -0.3 is 31.5 Å². The normalized spacial score (nSPS) is 7.77. The van der Waals surface area contributed by atoms with E-state index in [0.29, 0.717) is 0 Å². The fourth-order valence-electron chi connectivity index (χ4n) is 0.684. The predicted molar refractivity (Wildman–Crippen MR) is 72.0 cm³/mol. The average Bonchev–Trinajstić information content (AvgIpc) is 2.10.